The van der Waals surface area contributed by atoms with Gasteiger partial charge in [0.2, 0.25) is 0 Å². The molecule has 5 aliphatic carbocycles. The second kappa shape index (κ2) is 9.78. The second-order valence-corrected chi connectivity index (χ2v) is 13.6. The molecule has 0 radical (unpaired) electrons. The zero-order chi connectivity index (χ0) is 24.7. The zero-order valence-electron chi connectivity index (χ0n) is 21.4. The smallest absolute Gasteiger partial charge is 0.344 e. The van der Waals surface area contributed by atoms with Gasteiger partial charge in [-0.05, 0) is 106 Å². The molecule has 5 aliphatic rings. The van der Waals surface area contributed by atoms with Crippen molar-refractivity contribution in [1.82, 2.24) is 0 Å². The van der Waals surface area contributed by atoms with Crippen LogP contribution in [0.25, 0.3) is 0 Å². The molecule has 0 spiro atoms. The van der Waals surface area contributed by atoms with Crippen molar-refractivity contribution in [3.05, 3.63) is 78.4 Å². The monoisotopic (exact) mass is 501 g/mol. The standard InChI is InChI=1S/C32H37O3S/c1-22-15-27(13-14-30(22)36(28-9-5-3-6-10-28)29-11-7-4-8-12-29)34-21-31(33)35-32(2)25-17-23-16-24(19-25)20-26(32)18-23/h3-11,13-15,23-26,29H,12,16-21H2,1-2H3/q+1. The highest BCUT2D eigenvalue weighted by Gasteiger charge is 2.57. The number of aryl methyl sites for hydroxylation is 1. The Morgan fingerprint density at radius 2 is 1.69 bits per heavy atom. The summed E-state index contributed by atoms with van der Waals surface area (Å²) in [7, 11) is -0.0683. The number of carbonyl (C=O) groups excluding carboxylic acids is 1. The minimum atomic E-state index is -0.306. The van der Waals surface area contributed by atoms with Gasteiger partial charge in [0.25, 0.3) is 0 Å². The minimum absolute atomic E-state index is 0.0266. The average Bonchev–Trinajstić information content (AvgIpc) is 2.88. The summed E-state index contributed by atoms with van der Waals surface area (Å²) in [6, 6.07) is 17.1. The van der Waals surface area contributed by atoms with Crippen LogP contribution in [0.5, 0.6) is 5.75 Å². The fourth-order valence-electron chi connectivity index (χ4n) is 7.43. The Hall–Kier alpha value is -2.46. The second-order valence-electron chi connectivity index (χ2n) is 11.4. The Balaban J connectivity index is 1.14. The van der Waals surface area contributed by atoms with Crippen molar-refractivity contribution in [3.63, 3.8) is 0 Å². The molecule has 2 aromatic rings. The van der Waals surface area contributed by atoms with Crippen molar-refractivity contribution in [2.75, 3.05) is 6.61 Å². The van der Waals surface area contributed by atoms with Crippen LogP contribution >= 0.6 is 0 Å². The molecule has 0 heterocycles. The molecular weight excluding hydrogens is 464 g/mol. The first-order chi connectivity index (χ1) is 17.5. The van der Waals surface area contributed by atoms with E-state index in [1.165, 1.54) is 47.5 Å². The normalized spacial score (nSPS) is 32.9. The summed E-state index contributed by atoms with van der Waals surface area (Å²) in [5.41, 5.74) is 0.892. The molecule has 0 saturated heterocycles. The predicted octanol–water partition coefficient (Wildman–Crippen LogP) is 7.05. The highest BCUT2D eigenvalue weighted by molar-refractivity contribution is 7.97. The van der Waals surface area contributed by atoms with Gasteiger partial charge in [0, 0.05) is 12.0 Å². The Bertz CT molecular complexity index is 1140. The first-order valence-electron chi connectivity index (χ1n) is 13.6. The third-order valence-corrected chi connectivity index (χ3v) is 11.7. The highest BCUT2D eigenvalue weighted by atomic mass is 32.2. The molecule has 36 heavy (non-hydrogen) atoms. The molecule has 0 amide bonds. The molecule has 0 aliphatic heterocycles. The van der Waals surface area contributed by atoms with Crippen molar-refractivity contribution in [3.8, 4) is 5.75 Å². The lowest BCUT2D eigenvalue weighted by Gasteiger charge is -2.59. The van der Waals surface area contributed by atoms with E-state index in [1.54, 1.807) is 0 Å². The van der Waals surface area contributed by atoms with E-state index in [4.69, 9.17) is 9.47 Å². The summed E-state index contributed by atoms with van der Waals surface area (Å²) in [4.78, 5) is 15.6. The van der Waals surface area contributed by atoms with Crippen LogP contribution in [0.2, 0.25) is 0 Å². The molecule has 4 bridgehead atoms. The molecule has 0 N–H and O–H groups in total. The summed E-state index contributed by atoms with van der Waals surface area (Å²) in [6.45, 7) is 4.32. The van der Waals surface area contributed by atoms with Gasteiger partial charge in [-0.2, -0.15) is 0 Å². The molecule has 7 rings (SSSR count). The van der Waals surface area contributed by atoms with Crippen LogP contribution in [-0.2, 0) is 20.4 Å². The fourth-order valence-corrected chi connectivity index (χ4v) is 9.98. The number of benzene rings is 2. The van der Waals surface area contributed by atoms with E-state index in [1.807, 2.05) is 6.07 Å². The lowest BCUT2D eigenvalue weighted by Crippen LogP contribution is -2.58. The van der Waals surface area contributed by atoms with Gasteiger partial charge >= 0.3 is 5.97 Å². The van der Waals surface area contributed by atoms with Crippen LogP contribution < -0.4 is 4.74 Å². The lowest BCUT2D eigenvalue weighted by molar-refractivity contribution is -0.204. The minimum Gasteiger partial charge on any atom is -0.482 e. The molecule has 4 fully saturated rings. The number of carbonyl (C=O) groups is 1. The summed E-state index contributed by atoms with van der Waals surface area (Å²) in [5.74, 6) is 3.28. The van der Waals surface area contributed by atoms with Crippen molar-refractivity contribution in [2.24, 2.45) is 23.7 Å². The van der Waals surface area contributed by atoms with Gasteiger partial charge in [-0.3, -0.25) is 0 Å². The van der Waals surface area contributed by atoms with E-state index in [0.29, 0.717) is 17.1 Å². The first kappa shape index (κ1) is 23.9. The van der Waals surface area contributed by atoms with Gasteiger partial charge in [-0.1, -0.05) is 36.4 Å². The first-order valence-corrected chi connectivity index (χ1v) is 14.8. The van der Waals surface area contributed by atoms with Gasteiger partial charge in [0.1, 0.15) is 11.4 Å². The van der Waals surface area contributed by atoms with Gasteiger partial charge in [-0.15, -0.1) is 0 Å². The van der Waals surface area contributed by atoms with Crippen LogP contribution in [-0.4, -0.2) is 23.4 Å². The predicted molar refractivity (Wildman–Crippen MR) is 145 cm³/mol. The highest BCUT2D eigenvalue weighted by Crippen LogP contribution is 2.59. The third kappa shape index (κ3) is 4.53. The van der Waals surface area contributed by atoms with E-state index < -0.39 is 0 Å². The van der Waals surface area contributed by atoms with E-state index in [0.717, 1.165) is 24.0 Å². The number of ether oxygens (including phenoxy) is 2. The molecular formula is C32H37O3S+. The van der Waals surface area contributed by atoms with Crippen LogP contribution in [0, 0.1) is 30.6 Å². The number of hydrogen-bond acceptors (Lipinski definition) is 3. The Morgan fingerprint density at radius 1 is 0.972 bits per heavy atom. The Labute approximate surface area is 218 Å². The van der Waals surface area contributed by atoms with Gasteiger partial charge in [0.15, 0.2) is 21.6 Å². The van der Waals surface area contributed by atoms with Crippen molar-refractivity contribution < 1.29 is 14.3 Å². The number of hydrogen-bond donors (Lipinski definition) is 0. The molecule has 2 aromatic carbocycles. The van der Waals surface area contributed by atoms with E-state index in [9.17, 15) is 4.79 Å². The van der Waals surface area contributed by atoms with Crippen LogP contribution in [0.1, 0.15) is 51.0 Å². The van der Waals surface area contributed by atoms with Crippen molar-refractivity contribution in [2.45, 2.75) is 73.0 Å². The Kier molecular flexibility index (Phi) is 6.49. The number of esters is 1. The number of rotatable bonds is 7. The topological polar surface area (TPSA) is 35.5 Å². The molecule has 2 unspecified atom stereocenters. The summed E-state index contributed by atoms with van der Waals surface area (Å²) < 4.78 is 12.2. The quantitative estimate of drug-likeness (QED) is 0.301. The van der Waals surface area contributed by atoms with Gasteiger partial charge < -0.3 is 9.47 Å². The fraction of sp³-hybridized carbons (Fsp3) is 0.469. The van der Waals surface area contributed by atoms with Crippen LogP contribution in [0.3, 0.4) is 0 Å². The van der Waals surface area contributed by atoms with Crippen LogP contribution in [0.4, 0.5) is 0 Å². The Morgan fingerprint density at radius 3 is 2.33 bits per heavy atom. The third-order valence-electron chi connectivity index (χ3n) is 9.07. The largest absolute Gasteiger partial charge is 0.482 e. The maximum atomic E-state index is 12.9. The van der Waals surface area contributed by atoms with Crippen molar-refractivity contribution in [1.29, 1.82) is 0 Å². The van der Waals surface area contributed by atoms with E-state index >= 15 is 0 Å². The maximum Gasteiger partial charge on any atom is 0.344 e. The molecule has 4 saturated carbocycles. The summed E-state index contributed by atoms with van der Waals surface area (Å²) in [5, 5.41) is 0.444. The van der Waals surface area contributed by atoms with E-state index in [2.05, 4.69) is 80.6 Å². The maximum absolute atomic E-state index is 12.9. The molecule has 4 heteroatoms. The SMILES string of the molecule is Cc1cc(OCC(=O)OC2(C)C3CC4CC(C3)CC2C4)ccc1[S+](c1ccccc1)C1C=CC=CC1. The summed E-state index contributed by atoms with van der Waals surface area (Å²) in [6.07, 6.45) is 16.3. The lowest BCUT2D eigenvalue weighted by atomic mass is 9.50. The zero-order valence-corrected chi connectivity index (χ0v) is 22.2. The van der Waals surface area contributed by atoms with Gasteiger partial charge in [0.05, 0.1) is 10.9 Å². The van der Waals surface area contributed by atoms with E-state index in [-0.39, 0.29) is 29.1 Å². The molecule has 188 valence electrons. The molecule has 2 atom stereocenters. The van der Waals surface area contributed by atoms with Crippen molar-refractivity contribution >= 4 is 16.9 Å². The van der Waals surface area contributed by atoms with Crippen LogP contribution in [0.15, 0.2) is 82.6 Å². The number of allylic oxidation sites excluding steroid dienone is 3. The summed E-state index contributed by atoms with van der Waals surface area (Å²) >= 11 is 0. The molecule has 3 nitrogen and oxygen atoms in total. The van der Waals surface area contributed by atoms with Gasteiger partial charge in [-0.25, -0.2) is 4.79 Å². The molecule has 0 aromatic heterocycles. The average molecular weight is 502 g/mol.